The fraction of sp³-hybridized carbons (Fsp3) is 0.318. The van der Waals surface area contributed by atoms with E-state index in [-0.39, 0.29) is 0 Å². The quantitative estimate of drug-likeness (QED) is 0.516. The molecule has 1 aliphatic heterocycles. The summed E-state index contributed by atoms with van der Waals surface area (Å²) in [6.45, 7) is 2.69. The highest BCUT2D eigenvalue weighted by Crippen LogP contribution is 2.19. The summed E-state index contributed by atoms with van der Waals surface area (Å²) >= 11 is 0. The molecule has 7 heteroatoms. The van der Waals surface area contributed by atoms with Crippen LogP contribution < -0.4 is 5.32 Å². The van der Waals surface area contributed by atoms with E-state index in [1.165, 1.54) is 11.1 Å². The first-order valence-corrected chi connectivity index (χ1v) is 9.97. The molecule has 1 fully saturated rings. The van der Waals surface area contributed by atoms with E-state index in [2.05, 4.69) is 66.8 Å². The first-order valence-electron chi connectivity index (χ1n) is 9.97. The van der Waals surface area contributed by atoms with E-state index in [1.54, 1.807) is 6.26 Å². The second-order valence-corrected chi connectivity index (χ2v) is 7.01. The molecule has 0 bridgehead atoms. The van der Waals surface area contributed by atoms with E-state index < -0.39 is 0 Å². The summed E-state index contributed by atoms with van der Waals surface area (Å²) in [6.07, 6.45) is 6.79. The lowest BCUT2D eigenvalue weighted by Crippen LogP contribution is -2.45. The minimum Gasteiger partial charge on any atom is -0.461 e. The lowest BCUT2D eigenvalue weighted by molar-refractivity contribution is 0.375. The summed E-state index contributed by atoms with van der Waals surface area (Å²) in [5, 5.41) is 10.6. The lowest BCUT2D eigenvalue weighted by atomic mass is 10.0. The molecule has 7 nitrogen and oxygen atoms in total. The van der Waals surface area contributed by atoms with Crippen molar-refractivity contribution in [2.24, 2.45) is 4.99 Å². The average molecular weight is 390 g/mol. The van der Waals surface area contributed by atoms with Crippen molar-refractivity contribution >= 4 is 12.0 Å². The van der Waals surface area contributed by atoms with Crippen LogP contribution in [0.4, 0.5) is 0 Å². The summed E-state index contributed by atoms with van der Waals surface area (Å²) in [6, 6.07) is 14.2. The van der Waals surface area contributed by atoms with Crippen LogP contribution in [0.25, 0.3) is 17.7 Å². The average Bonchev–Trinajstić information content (AvgIpc) is 3.45. The number of aromatic nitrogens is 3. The van der Waals surface area contributed by atoms with Gasteiger partial charge in [-0.2, -0.15) is 5.10 Å². The number of piperidine rings is 1. The molecular formula is C22H26N6O. The zero-order valence-corrected chi connectivity index (χ0v) is 16.6. The summed E-state index contributed by atoms with van der Waals surface area (Å²) < 4.78 is 5.33. The molecule has 1 aromatic carbocycles. The fourth-order valence-electron chi connectivity index (χ4n) is 3.48. The van der Waals surface area contributed by atoms with Crippen molar-refractivity contribution in [2.45, 2.75) is 19.3 Å². The smallest absolute Gasteiger partial charge is 0.216 e. The SMILES string of the molecule is CN=C(NCCc1nc(-c2ccco2)n[nH]1)N1CCC(=Cc2ccccc2)CC1. The topological polar surface area (TPSA) is 82.3 Å². The third-order valence-electron chi connectivity index (χ3n) is 5.01. The zero-order chi connectivity index (χ0) is 19.9. The molecule has 4 rings (SSSR count). The number of rotatable bonds is 5. The predicted molar refractivity (Wildman–Crippen MR) is 114 cm³/mol. The number of benzene rings is 1. The molecular weight excluding hydrogens is 364 g/mol. The maximum atomic E-state index is 5.33. The Hall–Kier alpha value is -3.35. The number of furan rings is 1. The molecule has 1 aliphatic rings. The van der Waals surface area contributed by atoms with Crippen LogP contribution >= 0.6 is 0 Å². The standard InChI is InChI=1S/C22H26N6O/c1-23-22(24-12-9-20-25-21(27-26-20)19-8-5-15-29-19)28-13-10-18(11-14-28)16-17-6-3-2-4-7-17/h2-8,15-16H,9-14H2,1H3,(H,23,24)(H,25,26,27). The molecule has 1 saturated heterocycles. The number of aliphatic imine (C=N–C) groups is 1. The molecule has 0 amide bonds. The van der Waals surface area contributed by atoms with Crippen molar-refractivity contribution in [1.29, 1.82) is 0 Å². The Bertz CT molecular complexity index is 948. The van der Waals surface area contributed by atoms with E-state index in [4.69, 9.17) is 4.42 Å². The Balaban J connectivity index is 1.25. The molecule has 0 saturated carbocycles. The highest BCUT2D eigenvalue weighted by molar-refractivity contribution is 5.80. The molecule has 3 aromatic rings. The van der Waals surface area contributed by atoms with Crippen molar-refractivity contribution < 1.29 is 4.42 Å². The summed E-state index contributed by atoms with van der Waals surface area (Å²) in [7, 11) is 1.83. The largest absolute Gasteiger partial charge is 0.461 e. The minimum atomic E-state index is 0.586. The third-order valence-corrected chi connectivity index (χ3v) is 5.01. The second-order valence-electron chi connectivity index (χ2n) is 7.01. The van der Waals surface area contributed by atoms with Gasteiger partial charge in [0, 0.05) is 33.1 Å². The second kappa shape index (κ2) is 9.23. The molecule has 150 valence electrons. The molecule has 0 spiro atoms. The van der Waals surface area contributed by atoms with E-state index in [9.17, 15) is 0 Å². The van der Waals surface area contributed by atoms with Gasteiger partial charge in [-0.3, -0.25) is 10.1 Å². The first kappa shape index (κ1) is 19.0. The maximum Gasteiger partial charge on any atom is 0.216 e. The molecule has 0 unspecified atom stereocenters. The monoisotopic (exact) mass is 390 g/mol. The van der Waals surface area contributed by atoms with E-state index >= 15 is 0 Å². The predicted octanol–water partition coefficient (Wildman–Crippen LogP) is 3.36. The van der Waals surface area contributed by atoms with Gasteiger partial charge in [0.15, 0.2) is 11.7 Å². The Morgan fingerprint density at radius 2 is 2.03 bits per heavy atom. The lowest BCUT2D eigenvalue weighted by Gasteiger charge is -2.31. The van der Waals surface area contributed by atoms with Gasteiger partial charge < -0.3 is 14.6 Å². The van der Waals surface area contributed by atoms with E-state index in [1.807, 2.05) is 19.2 Å². The van der Waals surface area contributed by atoms with Gasteiger partial charge in [-0.25, -0.2) is 4.98 Å². The Labute approximate surface area is 170 Å². The molecule has 3 heterocycles. The highest BCUT2D eigenvalue weighted by atomic mass is 16.3. The number of hydrogen-bond donors (Lipinski definition) is 2. The van der Waals surface area contributed by atoms with Crippen LogP contribution in [-0.4, -0.2) is 52.7 Å². The first-order chi connectivity index (χ1) is 14.3. The number of hydrogen-bond acceptors (Lipinski definition) is 4. The summed E-state index contributed by atoms with van der Waals surface area (Å²) in [4.78, 5) is 11.2. The Morgan fingerprint density at radius 1 is 1.21 bits per heavy atom. The third kappa shape index (κ3) is 4.93. The molecule has 2 aromatic heterocycles. The van der Waals surface area contributed by atoms with Crippen molar-refractivity contribution in [3.05, 3.63) is 65.7 Å². The molecule has 0 atom stereocenters. The van der Waals surface area contributed by atoms with Gasteiger partial charge in [0.25, 0.3) is 0 Å². The molecule has 2 N–H and O–H groups in total. The number of guanidine groups is 1. The maximum absolute atomic E-state index is 5.33. The van der Waals surface area contributed by atoms with Gasteiger partial charge in [-0.15, -0.1) is 0 Å². The van der Waals surface area contributed by atoms with Crippen molar-refractivity contribution in [3.8, 4) is 11.6 Å². The van der Waals surface area contributed by atoms with Crippen molar-refractivity contribution in [2.75, 3.05) is 26.7 Å². The van der Waals surface area contributed by atoms with E-state index in [0.29, 0.717) is 11.6 Å². The number of nitrogens with zero attached hydrogens (tertiary/aromatic N) is 4. The highest BCUT2D eigenvalue weighted by Gasteiger charge is 2.17. The minimum absolute atomic E-state index is 0.586. The number of H-pyrrole nitrogens is 1. The molecule has 0 radical (unpaired) electrons. The number of likely N-dealkylation sites (tertiary alicyclic amines) is 1. The van der Waals surface area contributed by atoms with Crippen LogP contribution in [0, 0.1) is 0 Å². The van der Waals surface area contributed by atoms with Gasteiger partial charge in [0.2, 0.25) is 5.82 Å². The van der Waals surface area contributed by atoms with Gasteiger partial charge in [-0.05, 0) is 30.5 Å². The van der Waals surface area contributed by atoms with Crippen LogP contribution in [0.2, 0.25) is 0 Å². The van der Waals surface area contributed by atoms with Crippen LogP contribution in [0.5, 0.6) is 0 Å². The van der Waals surface area contributed by atoms with Gasteiger partial charge in [-0.1, -0.05) is 42.0 Å². The van der Waals surface area contributed by atoms with Crippen LogP contribution in [0.3, 0.4) is 0 Å². The Kier molecular flexibility index (Phi) is 6.04. The normalized spacial score (nSPS) is 14.9. The zero-order valence-electron chi connectivity index (χ0n) is 16.6. The van der Waals surface area contributed by atoms with Gasteiger partial charge in [0.1, 0.15) is 5.82 Å². The van der Waals surface area contributed by atoms with Gasteiger partial charge >= 0.3 is 0 Å². The van der Waals surface area contributed by atoms with Crippen LogP contribution in [0.1, 0.15) is 24.2 Å². The summed E-state index contributed by atoms with van der Waals surface area (Å²) in [5.74, 6) is 3.02. The van der Waals surface area contributed by atoms with Gasteiger partial charge in [0.05, 0.1) is 6.26 Å². The van der Waals surface area contributed by atoms with Crippen LogP contribution in [-0.2, 0) is 6.42 Å². The van der Waals surface area contributed by atoms with Crippen molar-refractivity contribution in [3.63, 3.8) is 0 Å². The fourth-order valence-corrected chi connectivity index (χ4v) is 3.48. The van der Waals surface area contributed by atoms with Crippen LogP contribution in [0.15, 0.2) is 63.7 Å². The van der Waals surface area contributed by atoms with E-state index in [0.717, 1.165) is 50.7 Å². The molecule has 29 heavy (non-hydrogen) atoms. The molecule has 0 aliphatic carbocycles. The number of nitrogens with one attached hydrogen (secondary N) is 2. The Morgan fingerprint density at radius 3 is 2.76 bits per heavy atom. The summed E-state index contributed by atoms with van der Waals surface area (Å²) in [5.41, 5.74) is 2.77. The van der Waals surface area contributed by atoms with Crippen molar-refractivity contribution in [1.82, 2.24) is 25.4 Å². The number of aromatic amines is 1.